The molecule has 0 aliphatic carbocycles. The van der Waals surface area contributed by atoms with Crippen molar-refractivity contribution in [2.75, 3.05) is 13.2 Å². The molecule has 0 heterocycles. The summed E-state index contributed by atoms with van der Waals surface area (Å²) < 4.78 is 84.0. The van der Waals surface area contributed by atoms with Crippen LogP contribution in [0.1, 0.15) is 0 Å². The predicted octanol–water partition coefficient (Wildman–Crippen LogP) is 9.87. The summed E-state index contributed by atoms with van der Waals surface area (Å²) in [6.45, 7) is 39.9. The predicted molar refractivity (Wildman–Crippen MR) is 215 cm³/mol. The fourth-order valence-electron chi connectivity index (χ4n) is 3.96. The average molecular weight is 845 g/mol. The van der Waals surface area contributed by atoms with Crippen LogP contribution in [0.2, 0.25) is 137 Å². The third kappa shape index (κ3) is 24.5. The number of hydrogen-bond acceptors (Lipinski definition) is 12. The van der Waals surface area contributed by atoms with Gasteiger partial charge in [0.05, 0.1) is 12.7 Å². The molecule has 0 amide bonds. The monoisotopic (exact) mass is 844 g/mol. The highest BCUT2D eigenvalue weighted by molar-refractivity contribution is 7.52. The normalized spacial score (nSPS) is 16.9. The summed E-state index contributed by atoms with van der Waals surface area (Å²) >= 11 is 0. The van der Waals surface area contributed by atoms with Gasteiger partial charge in [-0.15, -0.1) is 0 Å². The van der Waals surface area contributed by atoms with Crippen LogP contribution < -0.4 is 0 Å². The zero-order valence-electron chi connectivity index (χ0n) is 33.9. The molecule has 3 atom stereocenters. The highest BCUT2D eigenvalue weighted by Gasteiger charge is 2.47. The van der Waals surface area contributed by atoms with Gasteiger partial charge in [0.2, 0.25) is 0 Å². The van der Waals surface area contributed by atoms with Crippen molar-refractivity contribution >= 4 is 79.7 Å². The van der Waals surface area contributed by atoms with Crippen LogP contribution in [0, 0.1) is 0 Å². The lowest BCUT2D eigenvalue weighted by Gasteiger charge is -2.41. The van der Waals surface area contributed by atoms with Crippen LogP contribution in [0.4, 0.5) is 0 Å². The van der Waals surface area contributed by atoms with E-state index in [1.165, 1.54) is 0 Å². The lowest BCUT2D eigenvalue weighted by molar-refractivity contribution is -0.138. The zero-order valence-corrected chi connectivity index (χ0v) is 42.7. The Labute approximate surface area is 300 Å². The molecular formula is C27H70O12P2Si7. The molecule has 0 aliphatic heterocycles. The first kappa shape index (κ1) is 49.3. The van der Waals surface area contributed by atoms with Crippen molar-refractivity contribution in [3.63, 3.8) is 0 Å². The fraction of sp³-hybridized carbons (Fsp3) is 0.963. The summed E-state index contributed by atoms with van der Waals surface area (Å²) in [7, 11) is -24.9. The van der Waals surface area contributed by atoms with Gasteiger partial charge in [-0.05, 0) is 137 Å². The Hall–Kier alpha value is 1.29. The second-order valence-electron chi connectivity index (χ2n) is 18.9. The van der Waals surface area contributed by atoms with Gasteiger partial charge in [-0.2, -0.15) is 0 Å². The fourth-order valence-corrected chi connectivity index (χ4v) is 20.4. The summed E-state index contributed by atoms with van der Waals surface area (Å²) in [5.41, 5.74) is 0. The standard InChI is InChI=1S/C27H70O12P2Si7/c1-42(2,3)33-25(23-32-41(30,38-47(16,17)18)39-48(19,20)21)27(35-44(7,8)9)26(34-43(4,5)6)24(28)22-31-40(29,36-45(10,11)12)37-46(13,14)15/h25-27H,22-23H2,1-21H3. The van der Waals surface area contributed by atoms with E-state index in [1.54, 1.807) is 0 Å². The van der Waals surface area contributed by atoms with Gasteiger partial charge in [0.1, 0.15) is 18.8 Å². The molecule has 48 heavy (non-hydrogen) atoms. The molecule has 0 radical (unpaired) electrons. The van der Waals surface area contributed by atoms with Crippen LogP contribution in [0.15, 0.2) is 0 Å². The maximum atomic E-state index is 14.3. The maximum Gasteiger partial charge on any atom is 0.455 e. The van der Waals surface area contributed by atoms with Crippen molar-refractivity contribution in [1.82, 2.24) is 0 Å². The molecule has 0 aromatic carbocycles. The summed E-state index contributed by atoms with van der Waals surface area (Å²) in [6, 6.07) is 0. The summed E-state index contributed by atoms with van der Waals surface area (Å²) in [5, 5.41) is 0. The van der Waals surface area contributed by atoms with E-state index in [0.29, 0.717) is 0 Å². The van der Waals surface area contributed by atoms with E-state index in [1.807, 2.05) is 137 Å². The summed E-state index contributed by atoms with van der Waals surface area (Å²) in [5.74, 6) is -0.497. The second-order valence-corrected chi connectivity index (χ2v) is 54.4. The van der Waals surface area contributed by atoms with E-state index in [2.05, 4.69) is 0 Å². The molecule has 0 aromatic heterocycles. The molecule has 0 bridgehead atoms. The molecule has 0 aliphatic rings. The molecule has 0 aromatic rings. The number of hydrogen-bond donors (Lipinski definition) is 0. The molecule has 0 N–H and O–H groups in total. The van der Waals surface area contributed by atoms with Crippen LogP contribution in [0.25, 0.3) is 0 Å². The largest absolute Gasteiger partial charge is 0.455 e. The van der Waals surface area contributed by atoms with Gasteiger partial charge in [0.15, 0.2) is 64.0 Å². The smallest absolute Gasteiger partial charge is 0.410 e. The quantitative estimate of drug-likeness (QED) is 0.0716. The maximum absolute atomic E-state index is 14.3. The number of ketones is 1. The Morgan fingerprint density at radius 2 is 0.771 bits per heavy atom. The molecule has 12 nitrogen and oxygen atoms in total. The SMILES string of the molecule is C[Si](C)(C)OC(COP(=O)(O[Si](C)(C)C)O[Si](C)(C)C)C(O[Si](C)(C)C)C(O[Si](C)(C)C)C(=O)COP(=O)(O[Si](C)(C)C)O[Si](C)(C)C. The number of phosphoric acid groups is 2. The van der Waals surface area contributed by atoms with Crippen LogP contribution in [-0.2, 0) is 53.1 Å². The van der Waals surface area contributed by atoms with Gasteiger partial charge < -0.3 is 30.1 Å². The molecule has 0 saturated heterocycles. The van der Waals surface area contributed by atoms with Gasteiger partial charge in [0.25, 0.3) is 0 Å². The average Bonchev–Trinajstić information content (AvgIpc) is 2.70. The van der Waals surface area contributed by atoms with Crippen LogP contribution in [0.3, 0.4) is 0 Å². The third-order valence-corrected chi connectivity index (χ3v) is 21.0. The number of carbonyl (C=O) groups is 1. The Kier molecular flexibility index (Phi) is 18.1. The molecule has 0 spiro atoms. The highest BCUT2D eigenvalue weighted by Crippen LogP contribution is 2.55. The Balaban J connectivity index is 7.06. The molecule has 0 rings (SSSR count). The minimum Gasteiger partial charge on any atom is -0.410 e. The summed E-state index contributed by atoms with van der Waals surface area (Å²) in [6.07, 6.45) is -3.05. The van der Waals surface area contributed by atoms with Crippen LogP contribution in [0.5, 0.6) is 0 Å². The number of rotatable bonds is 23. The zero-order chi connectivity index (χ0) is 38.6. The van der Waals surface area contributed by atoms with E-state index in [-0.39, 0.29) is 6.61 Å². The minimum absolute atomic E-state index is 0.235. The minimum atomic E-state index is -4.10. The van der Waals surface area contributed by atoms with Gasteiger partial charge in [-0.25, -0.2) is 9.13 Å². The van der Waals surface area contributed by atoms with E-state index in [9.17, 15) is 13.9 Å². The van der Waals surface area contributed by atoms with Crippen molar-refractivity contribution in [3.8, 4) is 0 Å². The van der Waals surface area contributed by atoms with Gasteiger partial charge in [-0.3, -0.25) is 13.8 Å². The van der Waals surface area contributed by atoms with Gasteiger partial charge in [-0.1, -0.05) is 0 Å². The van der Waals surface area contributed by atoms with E-state index in [4.69, 9.17) is 39.2 Å². The summed E-state index contributed by atoms with van der Waals surface area (Å²) in [4.78, 5) is 14.3. The lowest BCUT2D eigenvalue weighted by Crippen LogP contribution is -2.57. The van der Waals surface area contributed by atoms with Crippen molar-refractivity contribution in [1.29, 1.82) is 0 Å². The topological polar surface area (TPSA) is 134 Å². The van der Waals surface area contributed by atoms with E-state index >= 15 is 0 Å². The van der Waals surface area contributed by atoms with Crippen molar-refractivity contribution < 1.29 is 53.1 Å². The molecule has 0 saturated carbocycles. The first-order valence-electron chi connectivity index (χ1n) is 16.6. The Bertz CT molecular complexity index is 1090. The molecular weight excluding hydrogens is 775 g/mol. The molecule has 0 fully saturated rings. The van der Waals surface area contributed by atoms with Crippen molar-refractivity contribution in [2.24, 2.45) is 0 Å². The molecule has 288 valence electrons. The van der Waals surface area contributed by atoms with Gasteiger partial charge >= 0.3 is 15.6 Å². The third-order valence-electron chi connectivity index (χ3n) is 4.76. The first-order valence-corrected chi connectivity index (χ1v) is 43.4. The highest BCUT2D eigenvalue weighted by atomic mass is 31.2. The number of carbonyl (C=O) groups excluding carboxylic acids is 1. The van der Waals surface area contributed by atoms with Crippen LogP contribution in [-0.4, -0.2) is 95.5 Å². The second kappa shape index (κ2) is 17.6. The van der Waals surface area contributed by atoms with E-state index < -0.39 is 105 Å². The molecule has 21 heteroatoms. The van der Waals surface area contributed by atoms with Crippen LogP contribution >= 0.6 is 15.6 Å². The first-order chi connectivity index (χ1) is 20.7. The molecule has 3 unspecified atom stereocenters. The van der Waals surface area contributed by atoms with Crippen molar-refractivity contribution in [3.05, 3.63) is 0 Å². The van der Waals surface area contributed by atoms with Gasteiger partial charge in [0, 0.05) is 0 Å². The lowest BCUT2D eigenvalue weighted by atomic mass is 10.1. The van der Waals surface area contributed by atoms with Crippen molar-refractivity contribution in [2.45, 2.75) is 156 Å². The van der Waals surface area contributed by atoms with E-state index in [0.717, 1.165) is 0 Å². The Morgan fingerprint density at radius 3 is 1.06 bits per heavy atom. The number of Topliss-reactive ketones (excluding diaryl/α,β-unsaturated/α-hetero) is 1. The Morgan fingerprint density at radius 1 is 0.458 bits per heavy atom.